The maximum atomic E-state index is 10.5. The first kappa shape index (κ1) is 52.2. The number of fused-ring (bicyclic) bond motifs is 3. The number of hydrogen-bond acceptors (Lipinski definition) is 5. The van der Waals surface area contributed by atoms with Crippen LogP contribution in [-0.4, -0.2) is 25.5 Å². The number of phenolic OH excluding ortho intramolecular Hbond substituents is 5. The molecule has 9 rings (SSSR count). The monoisotopic (exact) mass is 887 g/mol. The summed E-state index contributed by atoms with van der Waals surface area (Å²) in [5.41, 5.74) is 14.5. The second kappa shape index (κ2) is 23.6. The van der Waals surface area contributed by atoms with Gasteiger partial charge in [-0.1, -0.05) is 176 Å². The first-order valence-electron chi connectivity index (χ1n) is 23.9. The minimum absolute atomic E-state index is 0.00910. The van der Waals surface area contributed by atoms with E-state index in [0.717, 1.165) is 57.3 Å². The Morgan fingerprint density at radius 2 is 0.682 bits per heavy atom. The summed E-state index contributed by atoms with van der Waals surface area (Å²) in [4.78, 5) is 0. The zero-order chi connectivity index (χ0) is 48.8. The lowest BCUT2D eigenvalue weighted by Crippen LogP contribution is -2.30. The number of rotatable bonds is 4. The van der Waals surface area contributed by atoms with E-state index < -0.39 is 5.41 Å². The smallest absolute Gasteiger partial charge is 0.121 e. The summed E-state index contributed by atoms with van der Waals surface area (Å²) in [5, 5.41) is 49.3. The van der Waals surface area contributed by atoms with Crippen LogP contribution in [0.4, 0.5) is 0 Å². The molecule has 0 bridgehead atoms. The predicted molar refractivity (Wildman–Crippen MR) is 278 cm³/mol. The lowest BCUT2D eigenvalue weighted by atomic mass is 9.65. The molecular formula is C61H74O5. The molecule has 0 saturated heterocycles. The molecule has 66 heavy (non-hydrogen) atoms. The maximum absolute atomic E-state index is 10.5. The molecule has 0 aromatic heterocycles. The molecule has 0 unspecified atom stereocenters. The Morgan fingerprint density at radius 3 is 1.02 bits per heavy atom. The van der Waals surface area contributed by atoms with Gasteiger partial charge in [0.1, 0.15) is 28.7 Å². The standard InChI is InChI=1S/C29H26O2.C20H24O2.C6H6O.3C2H6/c1-17-13-21(14-18(2)27(17)30)29(22-15-19(3)28(31)20(4)16-22)25-11-7-5-9-23(25)24-10-6-8-12-26(24)29;1-14-12-16(6-8-18(14)21)20(10-4-3-5-11-20)17-7-9-19(22)15(2)13-17;7-6-4-2-1-3-5-6;3*1-2/h5-16,30-31H,1-4H3;6-9,12-13,21-22H,3-5,10-11H2,1-2H3;1-5,7H;3*1-2H3. The van der Waals surface area contributed by atoms with E-state index in [9.17, 15) is 20.4 Å². The molecule has 7 aromatic rings. The summed E-state index contributed by atoms with van der Waals surface area (Å²) < 4.78 is 0. The van der Waals surface area contributed by atoms with E-state index >= 15 is 0 Å². The largest absolute Gasteiger partial charge is 0.508 e. The second-order valence-corrected chi connectivity index (χ2v) is 16.7. The Hall–Kier alpha value is -6.46. The second-order valence-electron chi connectivity index (χ2n) is 16.7. The summed E-state index contributed by atoms with van der Waals surface area (Å²) in [5.74, 6) is 1.73. The summed E-state index contributed by atoms with van der Waals surface area (Å²) in [6.45, 7) is 23.7. The number of aromatic hydroxyl groups is 5. The highest BCUT2D eigenvalue weighted by molar-refractivity contribution is 5.86. The Kier molecular flexibility index (Phi) is 18.7. The highest BCUT2D eigenvalue weighted by Crippen LogP contribution is 2.57. The van der Waals surface area contributed by atoms with Gasteiger partial charge < -0.3 is 25.5 Å². The molecular weight excluding hydrogens is 813 g/mol. The van der Waals surface area contributed by atoms with Crippen LogP contribution >= 0.6 is 0 Å². The maximum Gasteiger partial charge on any atom is 0.121 e. The molecule has 0 spiro atoms. The topological polar surface area (TPSA) is 101 Å². The predicted octanol–water partition coefficient (Wildman–Crippen LogP) is 16.1. The third-order valence-corrected chi connectivity index (χ3v) is 12.8. The van der Waals surface area contributed by atoms with Crippen molar-refractivity contribution in [3.8, 4) is 39.9 Å². The van der Waals surface area contributed by atoms with Crippen LogP contribution in [0, 0.1) is 41.5 Å². The van der Waals surface area contributed by atoms with E-state index in [1.165, 1.54) is 52.6 Å². The van der Waals surface area contributed by atoms with Crippen molar-refractivity contribution in [1.29, 1.82) is 0 Å². The average molecular weight is 887 g/mol. The van der Waals surface area contributed by atoms with E-state index in [4.69, 9.17) is 5.11 Å². The molecule has 5 N–H and O–H groups in total. The fourth-order valence-corrected chi connectivity index (χ4v) is 9.60. The van der Waals surface area contributed by atoms with Gasteiger partial charge >= 0.3 is 0 Å². The van der Waals surface area contributed by atoms with Crippen molar-refractivity contribution in [1.82, 2.24) is 0 Å². The number of phenols is 5. The van der Waals surface area contributed by atoms with Gasteiger partial charge in [0, 0.05) is 5.41 Å². The van der Waals surface area contributed by atoms with Gasteiger partial charge in [0.15, 0.2) is 0 Å². The third kappa shape index (κ3) is 10.6. The molecule has 5 heteroatoms. The van der Waals surface area contributed by atoms with E-state index in [1.807, 2.05) is 101 Å². The minimum Gasteiger partial charge on any atom is -0.508 e. The quantitative estimate of drug-likeness (QED) is 0.121. The fourth-order valence-electron chi connectivity index (χ4n) is 9.60. The third-order valence-electron chi connectivity index (χ3n) is 12.8. The number of aryl methyl sites for hydroxylation is 6. The minimum atomic E-state index is -0.528. The number of benzene rings is 7. The van der Waals surface area contributed by atoms with Crippen LogP contribution in [0.1, 0.15) is 140 Å². The number of para-hydroxylation sites is 1. The molecule has 348 valence electrons. The van der Waals surface area contributed by atoms with Gasteiger partial charge in [-0.2, -0.15) is 0 Å². The van der Waals surface area contributed by atoms with Crippen molar-refractivity contribution in [2.24, 2.45) is 0 Å². The van der Waals surface area contributed by atoms with Gasteiger partial charge in [0.2, 0.25) is 0 Å². The van der Waals surface area contributed by atoms with Crippen LogP contribution in [-0.2, 0) is 10.8 Å². The van der Waals surface area contributed by atoms with Crippen molar-refractivity contribution >= 4 is 0 Å². The summed E-state index contributed by atoms with van der Waals surface area (Å²) in [6, 6.07) is 46.3. The van der Waals surface area contributed by atoms with Crippen LogP contribution in [0.15, 0.2) is 140 Å². The van der Waals surface area contributed by atoms with Crippen molar-refractivity contribution in [2.45, 2.75) is 126 Å². The summed E-state index contributed by atoms with van der Waals surface area (Å²) in [7, 11) is 0. The van der Waals surface area contributed by atoms with Crippen LogP contribution in [0.2, 0.25) is 0 Å². The zero-order valence-electron chi connectivity index (χ0n) is 41.6. The summed E-state index contributed by atoms with van der Waals surface area (Å²) >= 11 is 0. The highest BCUT2D eigenvalue weighted by atomic mass is 16.3. The SMILES string of the molecule is CC.CC.CC.Cc1cc(C2(c3cc(C)c(O)c(C)c3)c3ccccc3-c3ccccc32)cc(C)c1O.Cc1cc(C2(c3ccc(O)c(C)c3)CCCCC2)ccc1O.Oc1ccccc1. The van der Waals surface area contributed by atoms with Crippen molar-refractivity contribution < 1.29 is 25.5 Å². The average Bonchev–Trinajstić information content (AvgIpc) is 3.65. The van der Waals surface area contributed by atoms with E-state index in [2.05, 4.69) is 97.1 Å². The zero-order valence-corrected chi connectivity index (χ0v) is 41.6. The van der Waals surface area contributed by atoms with E-state index in [-0.39, 0.29) is 5.41 Å². The van der Waals surface area contributed by atoms with Crippen LogP contribution < -0.4 is 0 Å². The molecule has 0 amide bonds. The van der Waals surface area contributed by atoms with Gasteiger partial charge in [0.25, 0.3) is 0 Å². The first-order chi connectivity index (χ1) is 31.8. The lowest BCUT2D eigenvalue weighted by molar-refractivity contribution is 0.344. The molecule has 1 saturated carbocycles. The van der Waals surface area contributed by atoms with Gasteiger partial charge in [-0.25, -0.2) is 0 Å². The fraction of sp³-hybridized carbons (Fsp3) is 0.311. The van der Waals surface area contributed by atoms with Gasteiger partial charge in [-0.3, -0.25) is 0 Å². The Bertz CT molecular complexity index is 2450. The molecule has 2 aliphatic rings. The Balaban J connectivity index is 0.000000236. The van der Waals surface area contributed by atoms with Crippen molar-refractivity contribution in [2.75, 3.05) is 0 Å². The highest BCUT2D eigenvalue weighted by Gasteiger charge is 2.46. The lowest BCUT2D eigenvalue weighted by Gasteiger charge is -2.39. The van der Waals surface area contributed by atoms with Crippen LogP contribution in [0.5, 0.6) is 28.7 Å². The number of hydrogen-bond donors (Lipinski definition) is 5. The molecule has 1 fully saturated rings. The van der Waals surface area contributed by atoms with Gasteiger partial charge in [-0.05, 0) is 157 Å². The van der Waals surface area contributed by atoms with Crippen LogP contribution in [0.25, 0.3) is 11.1 Å². The molecule has 0 atom stereocenters. The molecule has 5 nitrogen and oxygen atoms in total. The molecule has 2 aliphatic carbocycles. The molecule has 0 heterocycles. The molecule has 0 aliphatic heterocycles. The summed E-state index contributed by atoms with van der Waals surface area (Å²) in [6.07, 6.45) is 5.98. The molecule has 7 aromatic carbocycles. The Morgan fingerprint density at radius 1 is 0.348 bits per heavy atom. The first-order valence-corrected chi connectivity index (χ1v) is 23.9. The van der Waals surface area contributed by atoms with Gasteiger partial charge in [0.05, 0.1) is 5.41 Å². The van der Waals surface area contributed by atoms with E-state index in [0.29, 0.717) is 28.7 Å². The van der Waals surface area contributed by atoms with Crippen LogP contribution in [0.3, 0.4) is 0 Å². The van der Waals surface area contributed by atoms with Crippen molar-refractivity contribution in [3.05, 3.63) is 206 Å². The normalized spacial score (nSPS) is 13.4. The molecule has 0 radical (unpaired) electrons. The van der Waals surface area contributed by atoms with E-state index in [1.54, 1.807) is 24.3 Å². The van der Waals surface area contributed by atoms with Gasteiger partial charge in [-0.15, -0.1) is 0 Å². The Labute approximate surface area is 396 Å². The van der Waals surface area contributed by atoms with Crippen molar-refractivity contribution in [3.63, 3.8) is 0 Å².